The van der Waals surface area contributed by atoms with Crippen LogP contribution < -0.4 is 10.6 Å². The minimum Gasteiger partial charge on any atom is -0.383 e. The Hall–Kier alpha value is -0.120. The molecule has 0 radical (unpaired) electrons. The lowest BCUT2D eigenvalue weighted by Gasteiger charge is -2.17. The molecule has 2 fully saturated rings. The highest BCUT2D eigenvalue weighted by atomic mass is 16.5. The Morgan fingerprint density at radius 3 is 3.08 bits per heavy atom. The Balaban J connectivity index is 1.64. The fraction of sp³-hybridized carbons (Fsp3) is 1.00. The lowest BCUT2D eigenvalue weighted by atomic mass is 9.93. The Labute approximate surface area is 80.2 Å². The SMILES string of the molecule is COCCNCC1CNCC12CC2. The van der Waals surface area contributed by atoms with Crippen LogP contribution in [0.25, 0.3) is 0 Å². The van der Waals surface area contributed by atoms with Crippen molar-refractivity contribution in [2.45, 2.75) is 12.8 Å². The Bertz CT molecular complexity index is 168. The molecular weight excluding hydrogens is 164 g/mol. The third kappa shape index (κ3) is 2.03. The van der Waals surface area contributed by atoms with Crippen LogP contribution in [-0.2, 0) is 4.74 Å². The number of hydrogen-bond acceptors (Lipinski definition) is 3. The molecule has 1 unspecified atom stereocenters. The van der Waals surface area contributed by atoms with Crippen molar-refractivity contribution in [1.29, 1.82) is 0 Å². The molecule has 1 aliphatic carbocycles. The maximum Gasteiger partial charge on any atom is 0.0587 e. The summed E-state index contributed by atoms with van der Waals surface area (Å²) in [5, 5.41) is 6.95. The number of nitrogens with one attached hydrogen (secondary N) is 2. The lowest BCUT2D eigenvalue weighted by Crippen LogP contribution is -2.30. The van der Waals surface area contributed by atoms with Gasteiger partial charge in [0.05, 0.1) is 6.61 Å². The van der Waals surface area contributed by atoms with E-state index in [1.807, 2.05) is 0 Å². The number of methoxy groups -OCH3 is 1. The summed E-state index contributed by atoms with van der Waals surface area (Å²) in [5.41, 5.74) is 0.695. The summed E-state index contributed by atoms with van der Waals surface area (Å²) >= 11 is 0. The topological polar surface area (TPSA) is 33.3 Å². The standard InChI is InChI=1S/C10H20N2O/c1-13-5-4-11-6-9-7-12-8-10(9)2-3-10/h9,11-12H,2-8H2,1H3. The summed E-state index contributed by atoms with van der Waals surface area (Å²) in [6, 6.07) is 0. The minimum atomic E-state index is 0.695. The van der Waals surface area contributed by atoms with E-state index >= 15 is 0 Å². The largest absolute Gasteiger partial charge is 0.383 e. The minimum absolute atomic E-state index is 0.695. The molecule has 1 atom stereocenters. The Kier molecular flexibility index (Phi) is 2.86. The van der Waals surface area contributed by atoms with Gasteiger partial charge in [0.1, 0.15) is 0 Å². The van der Waals surface area contributed by atoms with Gasteiger partial charge in [-0.15, -0.1) is 0 Å². The van der Waals surface area contributed by atoms with Crippen molar-refractivity contribution in [3.8, 4) is 0 Å². The van der Waals surface area contributed by atoms with Crippen LogP contribution in [0, 0.1) is 11.3 Å². The summed E-state index contributed by atoms with van der Waals surface area (Å²) in [5.74, 6) is 0.865. The first-order valence-corrected chi connectivity index (χ1v) is 5.28. The van der Waals surface area contributed by atoms with E-state index in [4.69, 9.17) is 4.74 Å². The van der Waals surface area contributed by atoms with E-state index in [-0.39, 0.29) is 0 Å². The summed E-state index contributed by atoms with van der Waals surface area (Å²) < 4.78 is 5.00. The second kappa shape index (κ2) is 3.95. The van der Waals surface area contributed by atoms with Crippen LogP contribution in [0.15, 0.2) is 0 Å². The Morgan fingerprint density at radius 1 is 1.54 bits per heavy atom. The predicted octanol–water partition coefficient (Wildman–Crippen LogP) is 0.222. The molecule has 3 heteroatoms. The van der Waals surface area contributed by atoms with Crippen LogP contribution in [0.2, 0.25) is 0 Å². The van der Waals surface area contributed by atoms with Crippen molar-refractivity contribution in [1.82, 2.24) is 10.6 Å². The molecule has 1 saturated heterocycles. The van der Waals surface area contributed by atoms with Gasteiger partial charge in [-0.25, -0.2) is 0 Å². The fourth-order valence-electron chi connectivity index (χ4n) is 2.34. The second-order valence-electron chi connectivity index (χ2n) is 4.39. The third-order valence-corrected chi connectivity index (χ3v) is 3.50. The zero-order chi connectivity index (χ0) is 9.15. The van der Waals surface area contributed by atoms with Crippen LogP contribution in [0.5, 0.6) is 0 Å². The molecule has 1 saturated carbocycles. The molecule has 0 amide bonds. The van der Waals surface area contributed by atoms with E-state index in [0.29, 0.717) is 5.41 Å². The van der Waals surface area contributed by atoms with Crippen LogP contribution in [0.4, 0.5) is 0 Å². The monoisotopic (exact) mass is 184 g/mol. The van der Waals surface area contributed by atoms with Gasteiger partial charge in [0, 0.05) is 20.2 Å². The van der Waals surface area contributed by atoms with Crippen LogP contribution in [0.3, 0.4) is 0 Å². The second-order valence-corrected chi connectivity index (χ2v) is 4.39. The molecule has 2 aliphatic rings. The molecule has 2 N–H and O–H groups in total. The molecule has 1 spiro atoms. The van der Waals surface area contributed by atoms with Crippen LogP contribution in [-0.4, -0.2) is 39.9 Å². The van der Waals surface area contributed by atoms with Crippen molar-refractivity contribution >= 4 is 0 Å². The van der Waals surface area contributed by atoms with Gasteiger partial charge in [0.2, 0.25) is 0 Å². The van der Waals surface area contributed by atoms with Gasteiger partial charge in [-0.2, -0.15) is 0 Å². The molecule has 3 nitrogen and oxygen atoms in total. The highest BCUT2D eigenvalue weighted by Crippen LogP contribution is 2.53. The van der Waals surface area contributed by atoms with E-state index in [9.17, 15) is 0 Å². The molecule has 0 aromatic rings. The van der Waals surface area contributed by atoms with Crippen LogP contribution >= 0.6 is 0 Å². The smallest absolute Gasteiger partial charge is 0.0587 e. The average molecular weight is 184 g/mol. The predicted molar refractivity (Wildman–Crippen MR) is 52.8 cm³/mol. The molecule has 0 aromatic heterocycles. The Morgan fingerprint density at radius 2 is 2.38 bits per heavy atom. The summed E-state index contributed by atoms with van der Waals surface area (Å²) in [6.45, 7) is 5.44. The van der Waals surface area contributed by atoms with E-state index in [2.05, 4.69) is 10.6 Å². The van der Waals surface area contributed by atoms with Crippen LogP contribution in [0.1, 0.15) is 12.8 Å². The maximum atomic E-state index is 5.00. The van der Waals surface area contributed by atoms with Gasteiger partial charge >= 0.3 is 0 Å². The van der Waals surface area contributed by atoms with Gasteiger partial charge in [-0.3, -0.25) is 0 Å². The third-order valence-electron chi connectivity index (χ3n) is 3.50. The van der Waals surface area contributed by atoms with Crippen molar-refractivity contribution in [3.05, 3.63) is 0 Å². The zero-order valence-corrected chi connectivity index (χ0v) is 8.44. The normalized spacial score (nSPS) is 29.8. The van der Waals surface area contributed by atoms with E-state index in [1.165, 1.54) is 25.9 Å². The van der Waals surface area contributed by atoms with E-state index in [1.54, 1.807) is 7.11 Å². The molecule has 13 heavy (non-hydrogen) atoms. The fourth-order valence-corrected chi connectivity index (χ4v) is 2.34. The van der Waals surface area contributed by atoms with Gasteiger partial charge in [-0.05, 0) is 37.3 Å². The van der Waals surface area contributed by atoms with E-state index in [0.717, 1.165) is 25.6 Å². The zero-order valence-electron chi connectivity index (χ0n) is 8.44. The molecule has 0 bridgehead atoms. The van der Waals surface area contributed by atoms with Crippen molar-refractivity contribution in [2.24, 2.45) is 11.3 Å². The summed E-state index contributed by atoms with van der Waals surface area (Å²) in [6.07, 6.45) is 2.88. The van der Waals surface area contributed by atoms with Gasteiger partial charge in [-0.1, -0.05) is 0 Å². The molecule has 1 aliphatic heterocycles. The molecule has 2 rings (SSSR count). The van der Waals surface area contributed by atoms with Gasteiger partial charge in [0.25, 0.3) is 0 Å². The first-order chi connectivity index (χ1) is 6.37. The number of rotatable bonds is 5. The summed E-state index contributed by atoms with van der Waals surface area (Å²) in [7, 11) is 1.75. The molecule has 1 heterocycles. The first kappa shape index (κ1) is 9.44. The highest BCUT2D eigenvalue weighted by Gasteiger charge is 2.51. The maximum absolute atomic E-state index is 5.00. The van der Waals surface area contributed by atoms with Gasteiger partial charge in [0.15, 0.2) is 0 Å². The van der Waals surface area contributed by atoms with Crippen molar-refractivity contribution in [2.75, 3.05) is 39.9 Å². The number of ether oxygens (including phenoxy) is 1. The molecular formula is C10H20N2O. The summed E-state index contributed by atoms with van der Waals surface area (Å²) in [4.78, 5) is 0. The van der Waals surface area contributed by atoms with Crippen molar-refractivity contribution < 1.29 is 4.74 Å². The highest BCUT2D eigenvalue weighted by molar-refractivity contribution is 5.05. The first-order valence-electron chi connectivity index (χ1n) is 5.28. The van der Waals surface area contributed by atoms with Gasteiger partial charge < -0.3 is 15.4 Å². The van der Waals surface area contributed by atoms with Crippen molar-refractivity contribution in [3.63, 3.8) is 0 Å². The average Bonchev–Trinajstić information content (AvgIpc) is 2.78. The van der Waals surface area contributed by atoms with E-state index < -0.39 is 0 Å². The quantitative estimate of drug-likeness (QED) is 0.600. The number of hydrogen-bond donors (Lipinski definition) is 2. The lowest BCUT2D eigenvalue weighted by molar-refractivity contribution is 0.196. The molecule has 76 valence electrons. The molecule has 0 aromatic carbocycles.